The average molecular weight is 239 g/mol. The lowest BCUT2D eigenvalue weighted by Crippen LogP contribution is -2.00. The lowest BCUT2D eigenvalue weighted by Gasteiger charge is -1.96. The van der Waals surface area contributed by atoms with Crippen LogP contribution in [0.3, 0.4) is 0 Å². The summed E-state index contributed by atoms with van der Waals surface area (Å²) in [5.74, 6) is -0.844. The highest BCUT2D eigenvalue weighted by molar-refractivity contribution is 9.15. The maximum absolute atomic E-state index is 10.8. The van der Waals surface area contributed by atoms with Gasteiger partial charge in [0.15, 0.2) is 0 Å². The monoisotopic (exact) mass is 238 g/mol. The van der Waals surface area contributed by atoms with Gasteiger partial charge < -0.3 is 5.11 Å². The van der Waals surface area contributed by atoms with Gasteiger partial charge in [0, 0.05) is 10.9 Å². The van der Waals surface area contributed by atoms with Gasteiger partial charge in [0.05, 0.1) is 5.57 Å². The quantitative estimate of drug-likeness (QED) is 0.817. The smallest absolute Gasteiger partial charge is 0.333 e. The third kappa shape index (κ3) is 1.29. The number of carboxylic acid groups (broad SMARTS) is 1. The highest BCUT2D eigenvalue weighted by Crippen LogP contribution is 2.36. The molecule has 1 N–H and O–H groups in total. The van der Waals surface area contributed by atoms with Crippen molar-refractivity contribution in [3.63, 3.8) is 0 Å². The van der Waals surface area contributed by atoms with Gasteiger partial charge >= 0.3 is 5.97 Å². The first kappa shape index (κ1) is 8.51. The maximum atomic E-state index is 10.8. The summed E-state index contributed by atoms with van der Waals surface area (Å²) < 4.78 is 0.718. The van der Waals surface area contributed by atoms with Crippen LogP contribution in [-0.2, 0) is 11.2 Å². The molecule has 0 heterocycles. The molecule has 13 heavy (non-hydrogen) atoms. The number of carbonyl (C=O) groups is 1. The molecule has 1 aliphatic rings. The summed E-state index contributed by atoms with van der Waals surface area (Å²) in [5, 5.41) is 8.87. The number of rotatable bonds is 1. The number of benzene rings is 1. The highest BCUT2D eigenvalue weighted by Gasteiger charge is 2.23. The maximum Gasteiger partial charge on any atom is 0.333 e. The second-order valence-electron chi connectivity index (χ2n) is 2.93. The van der Waals surface area contributed by atoms with Crippen LogP contribution in [0, 0.1) is 0 Å². The van der Waals surface area contributed by atoms with Gasteiger partial charge in [-0.3, -0.25) is 0 Å². The molecule has 0 spiro atoms. The van der Waals surface area contributed by atoms with E-state index >= 15 is 0 Å². The Hall–Kier alpha value is -1.09. The van der Waals surface area contributed by atoms with E-state index in [1.165, 1.54) is 0 Å². The van der Waals surface area contributed by atoms with Crippen molar-refractivity contribution in [3.8, 4) is 0 Å². The van der Waals surface area contributed by atoms with Gasteiger partial charge in [0.1, 0.15) is 0 Å². The van der Waals surface area contributed by atoms with Gasteiger partial charge in [-0.25, -0.2) is 4.79 Å². The summed E-state index contributed by atoms with van der Waals surface area (Å²) in [6, 6.07) is 7.71. The van der Waals surface area contributed by atoms with Gasteiger partial charge in [-0.05, 0) is 27.1 Å². The van der Waals surface area contributed by atoms with E-state index in [9.17, 15) is 4.79 Å². The summed E-state index contributed by atoms with van der Waals surface area (Å²) in [6.45, 7) is 0. The van der Waals surface area contributed by atoms with E-state index in [0.29, 0.717) is 12.0 Å². The minimum Gasteiger partial charge on any atom is -0.478 e. The summed E-state index contributed by atoms with van der Waals surface area (Å²) in [6.07, 6.45) is 0.520. The number of aliphatic carboxylic acids is 1. The lowest BCUT2D eigenvalue weighted by atomic mass is 10.1. The van der Waals surface area contributed by atoms with Crippen LogP contribution in [0.25, 0.3) is 4.48 Å². The fraction of sp³-hybridized carbons (Fsp3) is 0.100. The minimum absolute atomic E-state index is 0.446. The molecule has 1 aliphatic carbocycles. The van der Waals surface area contributed by atoms with Crippen LogP contribution in [0.15, 0.2) is 29.8 Å². The van der Waals surface area contributed by atoms with Gasteiger partial charge in [-0.1, -0.05) is 24.3 Å². The molecule has 66 valence electrons. The Morgan fingerprint density at radius 1 is 1.38 bits per heavy atom. The summed E-state index contributed by atoms with van der Waals surface area (Å²) in [4.78, 5) is 10.8. The van der Waals surface area contributed by atoms with E-state index < -0.39 is 5.97 Å². The molecule has 0 radical (unpaired) electrons. The summed E-state index contributed by atoms with van der Waals surface area (Å²) >= 11 is 3.30. The predicted molar refractivity (Wildman–Crippen MR) is 53.6 cm³/mol. The molecule has 3 heteroatoms. The van der Waals surface area contributed by atoms with Crippen LogP contribution in [0.4, 0.5) is 0 Å². The molecule has 0 aromatic heterocycles. The Balaban J connectivity index is 2.53. The van der Waals surface area contributed by atoms with E-state index in [2.05, 4.69) is 15.9 Å². The number of halogens is 1. The Bertz CT molecular complexity index is 407. The predicted octanol–water partition coefficient (Wildman–Crippen LogP) is 2.43. The van der Waals surface area contributed by atoms with E-state index in [4.69, 9.17) is 5.11 Å². The van der Waals surface area contributed by atoms with Crippen LogP contribution < -0.4 is 0 Å². The zero-order chi connectivity index (χ0) is 9.42. The van der Waals surface area contributed by atoms with Gasteiger partial charge in [-0.2, -0.15) is 0 Å². The van der Waals surface area contributed by atoms with Crippen molar-refractivity contribution in [2.45, 2.75) is 6.42 Å². The molecule has 0 aliphatic heterocycles. The first-order chi connectivity index (χ1) is 6.20. The van der Waals surface area contributed by atoms with Crippen LogP contribution >= 0.6 is 15.9 Å². The molecule has 0 unspecified atom stereocenters. The molecule has 2 rings (SSSR count). The molecule has 0 saturated heterocycles. The molecule has 2 nitrogen and oxygen atoms in total. The van der Waals surface area contributed by atoms with Crippen molar-refractivity contribution in [3.05, 3.63) is 41.0 Å². The number of hydrogen-bond donors (Lipinski definition) is 1. The van der Waals surface area contributed by atoms with Crippen LogP contribution in [0.5, 0.6) is 0 Å². The fourth-order valence-corrected chi connectivity index (χ4v) is 2.19. The van der Waals surface area contributed by atoms with E-state index in [-0.39, 0.29) is 0 Å². The van der Waals surface area contributed by atoms with Gasteiger partial charge in [0.25, 0.3) is 0 Å². The minimum atomic E-state index is -0.844. The third-order valence-electron chi connectivity index (χ3n) is 2.14. The number of hydrogen-bond acceptors (Lipinski definition) is 1. The second kappa shape index (κ2) is 3.00. The molecule has 0 fully saturated rings. The normalized spacial score (nSPS) is 14.5. The zero-order valence-electron chi connectivity index (χ0n) is 6.75. The third-order valence-corrected chi connectivity index (χ3v) is 3.05. The second-order valence-corrected chi connectivity index (χ2v) is 3.72. The van der Waals surface area contributed by atoms with Crippen molar-refractivity contribution >= 4 is 26.4 Å². The Labute approximate surface area is 84.0 Å². The van der Waals surface area contributed by atoms with Crippen molar-refractivity contribution in [1.29, 1.82) is 0 Å². The van der Waals surface area contributed by atoms with Crippen molar-refractivity contribution in [2.75, 3.05) is 0 Å². The van der Waals surface area contributed by atoms with Gasteiger partial charge in [-0.15, -0.1) is 0 Å². The highest BCUT2D eigenvalue weighted by atomic mass is 79.9. The molecular formula is C10H7BrO2. The standard InChI is InChI=1S/C10H7BrO2/c11-9-7-4-2-1-3-6(7)5-8(9)10(12)13/h1-4H,5H2,(H,12,13). The topological polar surface area (TPSA) is 37.3 Å². The molecule has 0 bridgehead atoms. The van der Waals surface area contributed by atoms with Gasteiger partial charge in [0.2, 0.25) is 0 Å². The van der Waals surface area contributed by atoms with E-state index in [0.717, 1.165) is 15.6 Å². The first-order valence-electron chi connectivity index (χ1n) is 3.90. The van der Waals surface area contributed by atoms with Crippen LogP contribution in [0.1, 0.15) is 11.1 Å². The molecular weight excluding hydrogens is 232 g/mol. The average Bonchev–Trinajstić information content (AvgIpc) is 2.45. The summed E-state index contributed by atoms with van der Waals surface area (Å²) in [7, 11) is 0. The zero-order valence-corrected chi connectivity index (χ0v) is 8.34. The molecule has 0 saturated carbocycles. The molecule has 0 amide bonds. The SMILES string of the molecule is O=C(O)C1=C(Br)c2ccccc2C1. The molecule has 1 aromatic rings. The number of fused-ring (bicyclic) bond motifs is 1. The Morgan fingerprint density at radius 2 is 2.08 bits per heavy atom. The molecule has 0 atom stereocenters. The largest absolute Gasteiger partial charge is 0.478 e. The first-order valence-corrected chi connectivity index (χ1v) is 4.69. The van der Waals surface area contributed by atoms with Crippen molar-refractivity contribution < 1.29 is 9.90 Å². The van der Waals surface area contributed by atoms with Crippen molar-refractivity contribution in [2.24, 2.45) is 0 Å². The van der Waals surface area contributed by atoms with Crippen LogP contribution in [0.2, 0.25) is 0 Å². The lowest BCUT2D eigenvalue weighted by molar-refractivity contribution is -0.132. The van der Waals surface area contributed by atoms with E-state index in [1.807, 2.05) is 24.3 Å². The van der Waals surface area contributed by atoms with Crippen molar-refractivity contribution in [1.82, 2.24) is 0 Å². The number of carboxylic acids is 1. The van der Waals surface area contributed by atoms with Crippen LogP contribution in [-0.4, -0.2) is 11.1 Å². The fourth-order valence-electron chi connectivity index (χ4n) is 1.49. The Morgan fingerprint density at radius 3 is 2.69 bits per heavy atom. The summed E-state index contributed by atoms with van der Waals surface area (Å²) in [5.41, 5.74) is 2.52. The molecule has 1 aromatic carbocycles. The van der Waals surface area contributed by atoms with E-state index in [1.54, 1.807) is 0 Å². The Kier molecular flexibility index (Phi) is 1.96.